The molecule has 27 heavy (non-hydrogen) atoms. The highest BCUT2D eigenvalue weighted by Gasteiger charge is 2.17. The molecule has 0 aliphatic heterocycles. The van der Waals surface area contributed by atoms with Crippen LogP contribution in [0.4, 0.5) is 9.52 Å². The van der Waals surface area contributed by atoms with Crippen molar-refractivity contribution in [2.75, 3.05) is 5.32 Å². The van der Waals surface area contributed by atoms with E-state index in [1.807, 2.05) is 0 Å². The van der Waals surface area contributed by atoms with E-state index < -0.39 is 0 Å². The minimum Gasteiger partial charge on any atom is -0.300 e. The first kappa shape index (κ1) is 17.5. The van der Waals surface area contributed by atoms with Crippen LogP contribution in [0.15, 0.2) is 41.2 Å². The van der Waals surface area contributed by atoms with Crippen LogP contribution >= 0.6 is 11.3 Å². The Kier molecular flexibility index (Phi) is 4.81. The Balaban J connectivity index is 1.50. The van der Waals surface area contributed by atoms with Crippen LogP contribution in [0, 0.1) is 5.82 Å². The van der Waals surface area contributed by atoms with Gasteiger partial charge in [0, 0.05) is 16.5 Å². The Hall–Kier alpha value is -2.87. The number of thiazole rings is 1. The number of rotatable bonds is 4. The van der Waals surface area contributed by atoms with E-state index in [0.717, 1.165) is 36.1 Å². The Labute approximate surface area is 158 Å². The number of carbonyl (C=O) groups excluding carboxylic acids is 1. The summed E-state index contributed by atoms with van der Waals surface area (Å²) in [6.07, 6.45) is 4.23. The number of aromatic nitrogens is 3. The van der Waals surface area contributed by atoms with Crippen molar-refractivity contribution in [3.05, 3.63) is 63.1 Å². The summed E-state index contributed by atoms with van der Waals surface area (Å²) in [5.74, 6) is -0.704. The SMILES string of the molecule is O=C(Cn1nc(-c2ccc(F)cc2)ccc1=O)Nc1nc2c(s1)CCCC2. The Morgan fingerprint density at radius 1 is 1.15 bits per heavy atom. The van der Waals surface area contributed by atoms with Gasteiger partial charge in [-0.3, -0.25) is 9.59 Å². The fourth-order valence-electron chi connectivity index (χ4n) is 3.04. The fourth-order valence-corrected chi connectivity index (χ4v) is 4.10. The van der Waals surface area contributed by atoms with Gasteiger partial charge >= 0.3 is 0 Å². The predicted octanol–water partition coefficient (Wildman–Crippen LogP) is 3.02. The van der Waals surface area contributed by atoms with Gasteiger partial charge in [-0.2, -0.15) is 5.10 Å². The minimum atomic E-state index is -0.380. The maximum Gasteiger partial charge on any atom is 0.267 e. The number of nitrogens with one attached hydrogen (secondary N) is 1. The summed E-state index contributed by atoms with van der Waals surface area (Å²) in [5, 5.41) is 7.55. The number of nitrogens with zero attached hydrogens (tertiary/aromatic N) is 3. The Bertz CT molecular complexity index is 1020. The number of aryl methyl sites for hydroxylation is 2. The number of anilines is 1. The van der Waals surface area contributed by atoms with E-state index in [1.54, 1.807) is 18.2 Å². The lowest BCUT2D eigenvalue weighted by Crippen LogP contribution is -2.29. The number of carbonyl (C=O) groups is 1. The fraction of sp³-hybridized carbons (Fsp3) is 0.263. The summed E-state index contributed by atoms with van der Waals surface area (Å²) in [6, 6.07) is 8.70. The molecule has 0 saturated carbocycles. The maximum atomic E-state index is 13.1. The highest BCUT2D eigenvalue weighted by molar-refractivity contribution is 7.15. The first-order valence-corrected chi connectivity index (χ1v) is 9.53. The lowest BCUT2D eigenvalue weighted by Gasteiger charge is -2.07. The van der Waals surface area contributed by atoms with Crippen LogP contribution in [0.5, 0.6) is 0 Å². The lowest BCUT2D eigenvalue weighted by atomic mass is 10.0. The molecule has 1 aromatic carbocycles. The molecule has 3 aromatic rings. The summed E-state index contributed by atoms with van der Waals surface area (Å²) in [7, 11) is 0. The summed E-state index contributed by atoms with van der Waals surface area (Å²) >= 11 is 1.49. The summed E-state index contributed by atoms with van der Waals surface area (Å²) < 4.78 is 14.2. The topological polar surface area (TPSA) is 76.9 Å². The van der Waals surface area contributed by atoms with Gasteiger partial charge < -0.3 is 5.32 Å². The molecule has 6 nitrogen and oxygen atoms in total. The van der Waals surface area contributed by atoms with E-state index in [2.05, 4.69) is 15.4 Å². The van der Waals surface area contributed by atoms with E-state index in [9.17, 15) is 14.0 Å². The molecule has 1 N–H and O–H groups in total. The largest absolute Gasteiger partial charge is 0.300 e. The first-order valence-electron chi connectivity index (χ1n) is 8.71. The third kappa shape index (κ3) is 3.95. The van der Waals surface area contributed by atoms with Crippen molar-refractivity contribution in [3.63, 3.8) is 0 Å². The van der Waals surface area contributed by atoms with Crippen LogP contribution in [0.1, 0.15) is 23.4 Å². The van der Waals surface area contributed by atoms with E-state index in [4.69, 9.17) is 0 Å². The van der Waals surface area contributed by atoms with Crippen molar-refractivity contribution in [2.24, 2.45) is 0 Å². The zero-order valence-corrected chi connectivity index (χ0v) is 15.3. The van der Waals surface area contributed by atoms with Gasteiger partial charge in [-0.15, -0.1) is 11.3 Å². The van der Waals surface area contributed by atoms with Gasteiger partial charge in [-0.05, 0) is 56.0 Å². The number of halogens is 1. The van der Waals surface area contributed by atoms with Crippen LogP contribution < -0.4 is 10.9 Å². The molecule has 2 heterocycles. The number of benzene rings is 1. The maximum absolute atomic E-state index is 13.1. The average Bonchev–Trinajstić information content (AvgIpc) is 3.06. The van der Waals surface area contributed by atoms with E-state index in [-0.39, 0.29) is 23.8 Å². The van der Waals surface area contributed by atoms with Gasteiger partial charge in [-0.25, -0.2) is 14.1 Å². The van der Waals surface area contributed by atoms with Crippen LogP contribution in [-0.2, 0) is 24.2 Å². The second-order valence-corrected chi connectivity index (χ2v) is 7.45. The van der Waals surface area contributed by atoms with Crippen LogP contribution in [0.2, 0.25) is 0 Å². The third-order valence-electron chi connectivity index (χ3n) is 4.39. The molecule has 4 rings (SSSR count). The van der Waals surface area contributed by atoms with E-state index >= 15 is 0 Å². The van der Waals surface area contributed by atoms with Gasteiger partial charge in [0.1, 0.15) is 12.4 Å². The monoisotopic (exact) mass is 384 g/mol. The smallest absolute Gasteiger partial charge is 0.267 e. The Morgan fingerprint density at radius 3 is 2.70 bits per heavy atom. The quantitative estimate of drug-likeness (QED) is 0.750. The molecule has 0 fully saturated rings. The van der Waals surface area contributed by atoms with Crippen LogP contribution in [-0.4, -0.2) is 20.7 Å². The molecule has 8 heteroatoms. The molecule has 138 valence electrons. The molecule has 1 aliphatic carbocycles. The van der Waals surface area contributed by atoms with Crippen molar-refractivity contribution < 1.29 is 9.18 Å². The highest BCUT2D eigenvalue weighted by atomic mass is 32.1. The van der Waals surface area contributed by atoms with Crippen LogP contribution in [0.25, 0.3) is 11.3 Å². The number of hydrogen-bond acceptors (Lipinski definition) is 5. The molecule has 0 bridgehead atoms. The van der Waals surface area contributed by atoms with Gasteiger partial charge in [0.05, 0.1) is 11.4 Å². The van der Waals surface area contributed by atoms with Crippen molar-refractivity contribution in [2.45, 2.75) is 32.2 Å². The molecule has 0 spiro atoms. The molecule has 0 saturated heterocycles. The molecule has 1 aliphatic rings. The normalized spacial score (nSPS) is 13.2. The molecule has 2 aromatic heterocycles. The zero-order chi connectivity index (χ0) is 18.8. The van der Waals surface area contributed by atoms with Gasteiger partial charge in [0.25, 0.3) is 5.56 Å². The molecule has 0 atom stereocenters. The van der Waals surface area contributed by atoms with Crippen LogP contribution in [0.3, 0.4) is 0 Å². The molecule has 1 amide bonds. The van der Waals surface area contributed by atoms with Gasteiger partial charge in [0.15, 0.2) is 5.13 Å². The predicted molar refractivity (Wildman–Crippen MR) is 101 cm³/mol. The second-order valence-electron chi connectivity index (χ2n) is 6.37. The van der Waals surface area contributed by atoms with Crippen molar-refractivity contribution in [3.8, 4) is 11.3 Å². The van der Waals surface area contributed by atoms with Gasteiger partial charge in [0.2, 0.25) is 5.91 Å². The summed E-state index contributed by atoms with van der Waals surface area (Å²) in [5.41, 5.74) is 1.84. The molecular weight excluding hydrogens is 367 g/mol. The van der Waals surface area contributed by atoms with Crippen molar-refractivity contribution in [1.82, 2.24) is 14.8 Å². The Morgan fingerprint density at radius 2 is 1.93 bits per heavy atom. The molecular formula is C19H17FN4O2S. The van der Waals surface area contributed by atoms with Crippen molar-refractivity contribution in [1.29, 1.82) is 0 Å². The molecule has 0 radical (unpaired) electrons. The van der Waals surface area contributed by atoms with E-state index in [1.165, 1.54) is 34.4 Å². The second kappa shape index (κ2) is 7.40. The number of hydrogen-bond donors (Lipinski definition) is 1. The minimum absolute atomic E-state index is 0.210. The average molecular weight is 384 g/mol. The standard InChI is InChI=1S/C19H17FN4O2S/c20-13-7-5-12(6-8-13)14-9-10-18(26)24(23-14)11-17(25)22-19-21-15-3-1-2-4-16(15)27-19/h5-10H,1-4,11H2,(H,21,22,25). The molecule has 0 unspecified atom stereocenters. The third-order valence-corrected chi connectivity index (χ3v) is 5.46. The lowest BCUT2D eigenvalue weighted by molar-refractivity contribution is -0.117. The highest BCUT2D eigenvalue weighted by Crippen LogP contribution is 2.29. The van der Waals surface area contributed by atoms with Crippen molar-refractivity contribution >= 4 is 22.4 Å². The number of amides is 1. The van der Waals surface area contributed by atoms with Gasteiger partial charge in [-0.1, -0.05) is 0 Å². The number of fused-ring (bicyclic) bond motifs is 1. The summed E-state index contributed by atoms with van der Waals surface area (Å²) in [6.45, 7) is -0.210. The van der Waals surface area contributed by atoms with E-state index in [0.29, 0.717) is 16.4 Å². The zero-order valence-electron chi connectivity index (χ0n) is 14.4. The first-order chi connectivity index (χ1) is 13.1. The summed E-state index contributed by atoms with van der Waals surface area (Å²) in [4.78, 5) is 30.1.